The Kier molecular flexibility index (Phi) is 4.08. The van der Waals surface area contributed by atoms with Crippen LogP contribution < -0.4 is 11.1 Å². The lowest BCUT2D eigenvalue weighted by molar-refractivity contribution is -0.0117. The summed E-state index contributed by atoms with van der Waals surface area (Å²) in [5.74, 6) is 0.107. The molecule has 1 aromatic heterocycles. The van der Waals surface area contributed by atoms with Gasteiger partial charge in [-0.25, -0.2) is 8.42 Å². The van der Waals surface area contributed by atoms with E-state index < -0.39 is 9.84 Å². The van der Waals surface area contributed by atoms with E-state index in [-0.39, 0.29) is 22.1 Å². The van der Waals surface area contributed by atoms with Crippen LogP contribution in [-0.2, 0) is 14.6 Å². The minimum absolute atomic E-state index is 0.0450. The van der Waals surface area contributed by atoms with Crippen molar-refractivity contribution in [1.29, 1.82) is 0 Å². The summed E-state index contributed by atoms with van der Waals surface area (Å²) in [7, 11) is -1.29. The molecular weight excluding hydrogens is 312 g/mol. The van der Waals surface area contributed by atoms with Crippen LogP contribution >= 0.6 is 11.5 Å². The molecule has 0 bridgehead atoms. The third-order valence-corrected chi connectivity index (χ3v) is 7.03. The SMILES string of the molecule is CN1CCOC(CNc2snc(N)c2S(=O)(=O)C2CC2)C1. The van der Waals surface area contributed by atoms with Crippen molar-refractivity contribution in [2.24, 2.45) is 0 Å². The molecule has 21 heavy (non-hydrogen) atoms. The molecule has 1 aromatic rings. The molecule has 1 unspecified atom stereocenters. The number of anilines is 2. The maximum atomic E-state index is 12.4. The lowest BCUT2D eigenvalue weighted by atomic mass is 10.3. The molecule has 2 heterocycles. The number of rotatable bonds is 5. The van der Waals surface area contributed by atoms with Gasteiger partial charge < -0.3 is 20.7 Å². The first-order chi connectivity index (χ1) is 9.98. The second-order valence-electron chi connectivity index (χ2n) is 5.61. The maximum Gasteiger partial charge on any atom is 0.187 e. The molecule has 3 rings (SSSR count). The Hall–Kier alpha value is -0.900. The minimum atomic E-state index is -3.34. The summed E-state index contributed by atoms with van der Waals surface area (Å²) in [4.78, 5) is 2.37. The molecule has 0 spiro atoms. The number of nitrogens with one attached hydrogen (secondary N) is 1. The molecule has 9 heteroatoms. The Morgan fingerprint density at radius 2 is 2.29 bits per heavy atom. The Balaban J connectivity index is 1.71. The topological polar surface area (TPSA) is 97.5 Å². The molecule has 1 saturated carbocycles. The van der Waals surface area contributed by atoms with Crippen molar-refractivity contribution in [3.05, 3.63) is 0 Å². The Labute approximate surface area is 128 Å². The molecule has 1 atom stereocenters. The third kappa shape index (κ3) is 3.15. The van der Waals surface area contributed by atoms with Gasteiger partial charge in [0, 0.05) is 19.6 Å². The third-order valence-electron chi connectivity index (χ3n) is 3.75. The van der Waals surface area contributed by atoms with Gasteiger partial charge >= 0.3 is 0 Å². The second kappa shape index (κ2) is 5.71. The molecular formula is C12H20N4O3S2. The molecule has 0 amide bonds. The van der Waals surface area contributed by atoms with Gasteiger partial charge in [0.1, 0.15) is 9.90 Å². The summed E-state index contributed by atoms with van der Waals surface area (Å²) < 4.78 is 34.5. The summed E-state index contributed by atoms with van der Waals surface area (Å²) >= 11 is 1.10. The molecule has 2 aliphatic rings. The number of morpholine rings is 1. The summed E-state index contributed by atoms with van der Waals surface area (Å²) in [6.07, 6.45) is 1.48. The van der Waals surface area contributed by atoms with E-state index >= 15 is 0 Å². The molecule has 3 N–H and O–H groups in total. The summed E-state index contributed by atoms with van der Waals surface area (Å²) in [5, 5.41) is 3.41. The van der Waals surface area contributed by atoms with E-state index in [1.165, 1.54) is 0 Å². The Morgan fingerprint density at radius 3 is 2.95 bits per heavy atom. The van der Waals surface area contributed by atoms with Crippen molar-refractivity contribution in [2.75, 3.05) is 44.3 Å². The normalized spacial score (nSPS) is 24.1. The smallest absolute Gasteiger partial charge is 0.187 e. The number of hydrogen-bond acceptors (Lipinski definition) is 8. The fraction of sp³-hybridized carbons (Fsp3) is 0.750. The predicted molar refractivity (Wildman–Crippen MR) is 82.5 cm³/mol. The highest BCUT2D eigenvalue weighted by Crippen LogP contribution is 2.40. The maximum absolute atomic E-state index is 12.4. The number of nitrogen functional groups attached to an aromatic ring is 1. The fourth-order valence-electron chi connectivity index (χ4n) is 2.42. The highest BCUT2D eigenvalue weighted by molar-refractivity contribution is 7.92. The zero-order chi connectivity index (χ0) is 15.0. The van der Waals surface area contributed by atoms with Crippen molar-refractivity contribution in [2.45, 2.75) is 29.1 Å². The van der Waals surface area contributed by atoms with Gasteiger partial charge in [-0.3, -0.25) is 0 Å². The van der Waals surface area contributed by atoms with Gasteiger partial charge in [0.15, 0.2) is 15.7 Å². The molecule has 0 radical (unpaired) electrons. The van der Waals surface area contributed by atoms with E-state index in [1.807, 2.05) is 7.05 Å². The van der Waals surface area contributed by atoms with Crippen molar-refractivity contribution in [3.63, 3.8) is 0 Å². The molecule has 118 valence electrons. The summed E-state index contributed by atoms with van der Waals surface area (Å²) in [6.45, 7) is 3.00. The monoisotopic (exact) mass is 332 g/mol. The van der Waals surface area contributed by atoms with Gasteiger partial charge in [0.2, 0.25) is 0 Å². The second-order valence-corrected chi connectivity index (χ2v) is 8.54. The van der Waals surface area contributed by atoms with Crippen LogP contribution in [0, 0.1) is 0 Å². The number of nitrogens with two attached hydrogens (primary N) is 1. The van der Waals surface area contributed by atoms with E-state index in [9.17, 15) is 8.42 Å². The lowest BCUT2D eigenvalue weighted by Gasteiger charge is -2.30. The highest BCUT2D eigenvalue weighted by atomic mass is 32.2. The van der Waals surface area contributed by atoms with Crippen LogP contribution in [0.4, 0.5) is 10.8 Å². The zero-order valence-corrected chi connectivity index (χ0v) is 13.5. The standard InChI is InChI=1S/C12H20N4O3S2/c1-16-4-5-19-8(7-16)6-14-12-10(11(13)15-20-12)21(17,18)9-2-3-9/h8-9,14H,2-7H2,1H3,(H2,13,15). The molecule has 7 nitrogen and oxygen atoms in total. The van der Waals surface area contributed by atoms with Crippen LogP contribution in [0.3, 0.4) is 0 Å². The Bertz CT molecular complexity index is 612. The average Bonchev–Trinajstić information content (AvgIpc) is 3.21. The van der Waals surface area contributed by atoms with E-state index in [0.717, 1.165) is 24.6 Å². The number of nitrogens with zero attached hydrogens (tertiary/aromatic N) is 2. The average molecular weight is 332 g/mol. The van der Waals surface area contributed by atoms with Gasteiger partial charge in [0.05, 0.1) is 18.0 Å². The number of ether oxygens (including phenoxy) is 1. The lowest BCUT2D eigenvalue weighted by Crippen LogP contribution is -2.43. The number of aromatic nitrogens is 1. The van der Waals surface area contributed by atoms with Gasteiger partial charge in [0.25, 0.3) is 0 Å². The van der Waals surface area contributed by atoms with Crippen molar-refractivity contribution in [3.8, 4) is 0 Å². The minimum Gasteiger partial charge on any atom is -0.382 e. The van der Waals surface area contributed by atoms with E-state index in [0.29, 0.717) is 31.0 Å². The van der Waals surface area contributed by atoms with Gasteiger partial charge in [-0.1, -0.05) is 0 Å². The summed E-state index contributed by atoms with van der Waals surface area (Å²) in [6, 6.07) is 0. The molecule has 1 aliphatic carbocycles. The quantitative estimate of drug-likeness (QED) is 0.805. The Morgan fingerprint density at radius 1 is 1.52 bits per heavy atom. The first kappa shape index (κ1) is 15.0. The number of hydrogen-bond donors (Lipinski definition) is 2. The molecule has 0 aromatic carbocycles. The van der Waals surface area contributed by atoms with Crippen LogP contribution in [-0.4, -0.2) is 62.3 Å². The molecule has 1 aliphatic heterocycles. The predicted octanol–water partition coefficient (Wildman–Crippen LogP) is 0.404. The van der Waals surface area contributed by atoms with E-state index in [2.05, 4.69) is 14.6 Å². The largest absolute Gasteiger partial charge is 0.382 e. The highest BCUT2D eigenvalue weighted by Gasteiger charge is 2.40. The first-order valence-electron chi connectivity index (χ1n) is 7.01. The number of likely N-dealkylation sites (N-methyl/N-ethyl adjacent to an activating group) is 1. The van der Waals surface area contributed by atoms with Crippen LogP contribution in [0.25, 0.3) is 0 Å². The zero-order valence-electron chi connectivity index (χ0n) is 11.9. The molecule has 1 saturated heterocycles. The van der Waals surface area contributed by atoms with Crippen LogP contribution in [0.5, 0.6) is 0 Å². The van der Waals surface area contributed by atoms with Crippen LogP contribution in [0.2, 0.25) is 0 Å². The number of sulfone groups is 1. The first-order valence-corrected chi connectivity index (χ1v) is 9.33. The van der Waals surface area contributed by atoms with E-state index in [1.54, 1.807) is 0 Å². The van der Waals surface area contributed by atoms with Crippen LogP contribution in [0.15, 0.2) is 4.90 Å². The summed E-state index contributed by atoms with van der Waals surface area (Å²) in [5.41, 5.74) is 5.76. The van der Waals surface area contributed by atoms with Gasteiger partial charge in [-0.15, -0.1) is 0 Å². The van der Waals surface area contributed by atoms with Gasteiger partial charge in [-0.05, 0) is 31.4 Å². The van der Waals surface area contributed by atoms with E-state index in [4.69, 9.17) is 10.5 Å². The molecule has 2 fully saturated rings. The van der Waals surface area contributed by atoms with Crippen molar-refractivity contribution < 1.29 is 13.2 Å². The van der Waals surface area contributed by atoms with Gasteiger partial charge in [-0.2, -0.15) is 4.37 Å². The van der Waals surface area contributed by atoms with Crippen molar-refractivity contribution >= 4 is 32.2 Å². The van der Waals surface area contributed by atoms with Crippen molar-refractivity contribution in [1.82, 2.24) is 9.27 Å². The van der Waals surface area contributed by atoms with Crippen LogP contribution in [0.1, 0.15) is 12.8 Å². The fourth-order valence-corrected chi connectivity index (χ4v) is 5.32.